The second kappa shape index (κ2) is 13.3. The van der Waals surface area contributed by atoms with E-state index < -0.39 is 0 Å². The van der Waals surface area contributed by atoms with Crippen LogP contribution in [0.25, 0.3) is 0 Å². The Labute approximate surface area is 101 Å². The van der Waals surface area contributed by atoms with Crippen molar-refractivity contribution in [3.05, 3.63) is 35.4 Å². The van der Waals surface area contributed by atoms with E-state index in [1.54, 1.807) is 0 Å². The molecule has 1 aromatic rings. The smallest absolute Gasteiger partial charge is 0.0245 e. The number of benzene rings is 1. The van der Waals surface area contributed by atoms with Gasteiger partial charge in [0.25, 0.3) is 0 Å². The molecule has 0 heteroatoms. The Morgan fingerprint density at radius 1 is 0.750 bits per heavy atom. The lowest BCUT2D eigenvalue weighted by atomic mass is 10.2. The molecule has 16 heavy (non-hydrogen) atoms. The molecule has 0 spiro atoms. The summed E-state index contributed by atoms with van der Waals surface area (Å²) in [5.41, 5.74) is 2.37. The molecule has 0 amide bonds. The van der Waals surface area contributed by atoms with Crippen LogP contribution in [0.3, 0.4) is 0 Å². The van der Waals surface area contributed by atoms with Crippen LogP contribution in [0, 0.1) is 30.6 Å². The molecule has 86 valence electrons. The Kier molecular flexibility index (Phi) is 14.0. The molecule has 0 saturated carbocycles. The van der Waals surface area contributed by atoms with E-state index in [9.17, 15) is 0 Å². The number of rotatable bonds is 0. The van der Waals surface area contributed by atoms with Crippen LogP contribution in [0.5, 0.6) is 0 Å². The van der Waals surface area contributed by atoms with Crippen molar-refractivity contribution in [3.63, 3.8) is 0 Å². The van der Waals surface area contributed by atoms with E-state index in [0.717, 1.165) is 5.56 Å². The Hall–Kier alpha value is -1.66. The third-order valence-electron chi connectivity index (χ3n) is 1.57. The summed E-state index contributed by atoms with van der Waals surface area (Å²) in [6, 6.07) is 8.21. The highest BCUT2D eigenvalue weighted by Gasteiger charge is 1.83. The fourth-order valence-corrected chi connectivity index (χ4v) is 0.781. The third kappa shape index (κ3) is 10.4. The normalized spacial score (nSPS) is 6.38. The van der Waals surface area contributed by atoms with Gasteiger partial charge in [-0.2, -0.15) is 0 Å². The van der Waals surface area contributed by atoms with Crippen molar-refractivity contribution in [2.24, 2.45) is 0 Å². The number of hydrogen-bond acceptors (Lipinski definition) is 0. The van der Waals surface area contributed by atoms with E-state index in [2.05, 4.69) is 42.7 Å². The van der Waals surface area contributed by atoms with Crippen LogP contribution in [0.4, 0.5) is 0 Å². The van der Waals surface area contributed by atoms with E-state index in [-0.39, 0.29) is 0 Å². The van der Waals surface area contributed by atoms with Crippen molar-refractivity contribution < 1.29 is 0 Å². The maximum atomic E-state index is 2.98. The van der Waals surface area contributed by atoms with Crippen LogP contribution in [0.1, 0.15) is 45.7 Å². The minimum absolute atomic E-state index is 1.09. The molecule has 0 radical (unpaired) electrons. The summed E-state index contributed by atoms with van der Waals surface area (Å²) < 4.78 is 0. The van der Waals surface area contributed by atoms with Gasteiger partial charge in [0.05, 0.1) is 0 Å². The highest BCUT2D eigenvalue weighted by atomic mass is 13.9. The Bertz CT molecular complexity index is 354. The van der Waals surface area contributed by atoms with Crippen LogP contribution in [-0.4, -0.2) is 0 Å². The molecule has 0 atom stereocenters. The maximum Gasteiger partial charge on any atom is 0.0245 e. The second-order valence-corrected chi connectivity index (χ2v) is 2.74. The molecular weight excluding hydrogens is 192 g/mol. The van der Waals surface area contributed by atoms with Crippen LogP contribution >= 0.6 is 0 Å². The first-order valence-electron chi connectivity index (χ1n) is 5.57. The molecular formula is C16H22. The lowest BCUT2D eigenvalue weighted by Gasteiger charge is -1.90. The van der Waals surface area contributed by atoms with Gasteiger partial charge < -0.3 is 0 Å². The van der Waals surface area contributed by atoms with Crippen LogP contribution in [0.2, 0.25) is 0 Å². The van der Waals surface area contributed by atoms with E-state index in [1.165, 1.54) is 5.56 Å². The van der Waals surface area contributed by atoms with E-state index in [4.69, 9.17) is 0 Å². The molecule has 0 saturated heterocycles. The Balaban J connectivity index is 0. The molecule has 0 aliphatic rings. The monoisotopic (exact) mass is 214 g/mol. The zero-order chi connectivity index (χ0) is 12.8. The topological polar surface area (TPSA) is 0 Å². The van der Waals surface area contributed by atoms with Gasteiger partial charge in [-0.05, 0) is 39.8 Å². The molecule has 0 bridgehead atoms. The average Bonchev–Trinajstić information content (AvgIpc) is 2.35. The van der Waals surface area contributed by atoms with Gasteiger partial charge in [-0.1, -0.05) is 37.5 Å². The first-order valence-corrected chi connectivity index (χ1v) is 5.57. The summed E-state index contributed by atoms with van der Waals surface area (Å²) >= 11 is 0. The van der Waals surface area contributed by atoms with Gasteiger partial charge in [0.2, 0.25) is 0 Å². The zero-order valence-corrected chi connectivity index (χ0v) is 11.3. The molecule has 0 aliphatic heterocycles. The SMILES string of the molecule is CC.CC#CC.CC#Cc1ccc(C)cc1. The largest absolute Gasteiger partial charge is 0.107 e. The Morgan fingerprint density at radius 3 is 1.50 bits per heavy atom. The van der Waals surface area contributed by atoms with Crippen molar-refractivity contribution in [1.29, 1.82) is 0 Å². The quantitative estimate of drug-likeness (QED) is 0.561. The lowest BCUT2D eigenvalue weighted by molar-refractivity contribution is 1.46. The predicted molar refractivity (Wildman–Crippen MR) is 74.2 cm³/mol. The van der Waals surface area contributed by atoms with E-state index in [1.807, 2.05) is 46.8 Å². The average molecular weight is 214 g/mol. The standard InChI is InChI=1S/C10H10.C4H6.C2H6/c1-3-4-10-7-5-9(2)6-8-10;1-3-4-2;1-2/h5-8H,1-2H3;1-2H3;1-2H3. The summed E-state index contributed by atoms with van der Waals surface area (Å²) in [5.74, 6) is 11.2. The summed E-state index contributed by atoms with van der Waals surface area (Å²) in [6.07, 6.45) is 0. The van der Waals surface area contributed by atoms with Crippen molar-refractivity contribution in [2.45, 2.75) is 41.5 Å². The van der Waals surface area contributed by atoms with Crippen LogP contribution in [-0.2, 0) is 0 Å². The predicted octanol–water partition coefficient (Wildman–Crippen LogP) is 4.42. The minimum Gasteiger partial charge on any atom is -0.107 e. The van der Waals surface area contributed by atoms with Crippen molar-refractivity contribution in [3.8, 4) is 23.7 Å². The fraction of sp³-hybridized carbons (Fsp3) is 0.375. The van der Waals surface area contributed by atoms with E-state index >= 15 is 0 Å². The highest BCUT2D eigenvalue weighted by molar-refractivity contribution is 5.35. The third-order valence-corrected chi connectivity index (χ3v) is 1.57. The van der Waals surface area contributed by atoms with Crippen molar-refractivity contribution >= 4 is 0 Å². The molecule has 0 aliphatic carbocycles. The maximum absolute atomic E-state index is 2.98. The van der Waals surface area contributed by atoms with Gasteiger partial charge >= 0.3 is 0 Å². The van der Waals surface area contributed by atoms with Crippen LogP contribution in [0.15, 0.2) is 24.3 Å². The molecule has 0 heterocycles. The van der Waals surface area contributed by atoms with Crippen molar-refractivity contribution in [1.82, 2.24) is 0 Å². The minimum atomic E-state index is 1.09. The van der Waals surface area contributed by atoms with Gasteiger partial charge in [0, 0.05) is 5.56 Å². The van der Waals surface area contributed by atoms with Crippen LogP contribution < -0.4 is 0 Å². The molecule has 0 aromatic heterocycles. The zero-order valence-electron chi connectivity index (χ0n) is 11.3. The second-order valence-electron chi connectivity index (χ2n) is 2.74. The molecule has 1 aromatic carbocycles. The molecule has 0 fully saturated rings. The fourth-order valence-electron chi connectivity index (χ4n) is 0.781. The first-order chi connectivity index (χ1) is 7.74. The summed E-state index contributed by atoms with van der Waals surface area (Å²) in [7, 11) is 0. The molecule has 0 nitrogen and oxygen atoms in total. The Morgan fingerprint density at radius 2 is 1.19 bits per heavy atom. The first kappa shape index (κ1) is 16.8. The lowest BCUT2D eigenvalue weighted by Crippen LogP contribution is -1.73. The highest BCUT2D eigenvalue weighted by Crippen LogP contribution is 2.00. The summed E-state index contributed by atoms with van der Waals surface area (Å²) in [6.45, 7) is 11.6. The van der Waals surface area contributed by atoms with E-state index in [0.29, 0.717) is 0 Å². The van der Waals surface area contributed by atoms with Crippen molar-refractivity contribution in [2.75, 3.05) is 0 Å². The number of hydrogen-bond donors (Lipinski definition) is 0. The molecule has 0 N–H and O–H groups in total. The summed E-state index contributed by atoms with van der Waals surface area (Å²) in [5, 5.41) is 0. The van der Waals surface area contributed by atoms with Gasteiger partial charge in [-0.25, -0.2) is 0 Å². The molecule has 0 unspecified atom stereocenters. The van der Waals surface area contributed by atoms with Gasteiger partial charge in [-0.15, -0.1) is 17.8 Å². The number of aryl methyl sites for hydroxylation is 1. The van der Waals surface area contributed by atoms with Gasteiger partial charge in [0.15, 0.2) is 0 Å². The molecule has 1 rings (SSSR count). The summed E-state index contributed by atoms with van der Waals surface area (Å²) in [4.78, 5) is 0. The van der Waals surface area contributed by atoms with Gasteiger partial charge in [-0.3, -0.25) is 0 Å². The van der Waals surface area contributed by atoms with Gasteiger partial charge in [0.1, 0.15) is 0 Å².